The van der Waals surface area contributed by atoms with Gasteiger partial charge in [0.25, 0.3) is 0 Å². The molecule has 4 heteroatoms. The molecule has 0 atom stereocenters. The Hall–Kier alpha value is -1.55. The highest BCUT2D eigenvalue weighted by molar-refractivity contribution is 9.10. The number of hydrogen-bond donors (Lipinski definition) is 0. The van der Waals surface area contributed by atoms with E-state index in [1.165, 1.54) is 18.2 Å². The predicted molar refractivity (Wildman–Crippen MR) is 66.5 cm³/mol. The summed E-state index contributed by atoms with van der Waals surface area (Å²) in [6.45, 7) is 1.70. The second-order valence-corrected chi connectivity index (χ2v) is 4.48. The van der Waals surface area contributed by atoms with Crippen LogP contribution >= 0.6 is 15.9 Å². The van der Waals surface area contributed by atoms with Crippen molar-refractivity contribution in [1.29, 1.82) is 0 Å². The van der Waals surface area contributed by atoms with Crippen LogP contribution in [0.4, 0.5) is 4.39 Å². The highest BCUT2D eigenvalue weighted by Crippen LogP contribution is 2.19. The van der Waals surface area contributed by atoms with E-state index in [1.807, 2.05) is 0 Å². The highest BCUT2D eigenvalue weighted by Gasteiger charge is 2.15. The van der Waals surface area contributed by atoms with Crippen LogP contribution in [0.3, 0.4) is 0 Å². The molecule has 17 heavy (non-hydrogen) atoms. The topological polar surface area (TPSA) is 30.0 Å². The van der Waals surface area contributed by atoms with Crippen LogP contribution in [0.1, 0.15) is 21.6 Å². The van der Waals surface area contributed by atoms with Crippen molar-refractivity contribution in [1.82, 2.24) is 4.98 Å². The number of ketones is 1. The van der Waals surface area contributed by atoms with Crippen LogP contribution in [0.5, 0.6) is 0 Å². The van der Waals surface area contributed by atoms with Crippen molar-refractivity contribution in [3.63, 3.8) is 0 Å². The normalized spacial score (nSPS) is 10.3. The molecule has 1 aromatic carbocycles. The van der Waals surface area contributed by atoms with E-state index in [0.717, 1.165) is 0 Å². The Morgan fingerprint density at radius 2 is 2.12 bits per heavy atom. The molecule has 0 spiro atoms. The maximum absolute atomic E-state index is 13.0. The first-order chi connectivity index (χ1) is 8.09. The van der Waals surface area contributed by atoms with E-state index < -0.39 is 0 Å². The lowest BCUT2D eigenvalue weighted by Crippen LogP contribution is -2.07. The molecule has 0 saturated carbocycles. The largest absolute Gasteiger partial charge is 0.287 e. The van der Waals surface area contributed by atoms with Crippen molar-refractivity contribution in [2.45, 2.75) is 6.92 Å². The van der Waals surface area contributed by atoms with E-state index in [9.17, 15) is 9.18 Å². The third kappa shape index (κ3) is 2.42. The van der Waals surface area contributed by atoms with Crippen molar-refractivity contribution in [3.05, 3.63) is 63.6 Å². The molecule has 86 valence electrons. The molecule has 1 heterocycles. The Labute approximate surface area is 107 Å². The van der Waals surface area contributed by atoms with Gasteiger partial charge >= 0.3 is 0 Å². The number of aryl methyl sites for hydroxylation is 1. The molecule has 1 aromatic heterocycles. The molecule has 2 nitrogen and oxygen atoms in total. The lowest BCUT2D eigenvalue weighted by Gasteiger charge is -2.05. The molecule has 0 bridgehead atoms. The van der Waals surface area contributed by atoms with E-state index in [-0.39, 0.29) is 11.6 Å². The number of aromatic nitrogens is 1. The molecule has 0 radical (unpaired) electrons. The van der Waals surface area contributed by atoms with Crippen LogP contribution in [0.2, 0.25) is 0 Å². The Morgan fingerprint density at radius 1 is 1.35 bits per heavy atom. The fraction of sp³-hybridized carbons (Fsp3) is 0.0769. The van der Waals surface area contributed by atoms with Gasteiger partial charge in [-0.05, 0) is 58.7 Å². The summed E-state index contributed by atoms with van der Waals surface area (Å²) in [6.07, 6.45) is 1.55. The Morgan fingerprint density at radius 3 is 2.76 bits per heavy atom. The summed E-state index contributed by atoms with van der Waals surface area (Å²) in [6, 6.07) is 7.58. The van der Waals surface area contributed by atoms with Crippen molar-refractivity contribution in [3.8, 4) is 0 Å². The standard InChI is InChI=1S/C13H9BrFNO/c1-8-7-9(15)4-5-10(8)13(17)12-11(14)3-2-6-16-12/h2-7H,1H3. The molecule has 0 aliphatic heterocycles. The monoisotopic (exact) mass is 293 g/mol. The van der Waals surface area contributed by atoms with Crippen molar-refractivity contribution in [2.24, 2.45) is 0 Å². The molecule has 0 aliphatic rings. The number of nitrogens with zero attached hydrogens (tertiary/aromatic N) is 1. The summed E-state index contributed by atoms with van der Waals surface area (Å²) in [7, 11) is 0. The second kappa shape index (κ2) is 4.75. The van der Waals surface area contributed by atoms with Gasteiger partial charge in [-0.15, -0.1) is 0 Å². The van der Waals surface area contributed by atoms with E-state index in [2.05, 4.69) is 20.9 Å². The van der Waals surface area contributed by atoms with Crippen molar-refractivity contribution < 1.29 is 9.18 Å². The van der Waals surface area contributed by atoms with Gasteiger partial charge in [0.15, 0.2) is 0 Å². The average molecular weight is 294 g/mol. The fourth-order valence-electron chi connectivity index (χ4n) is 1.56. The first-order valence-electron chi connectivity index (χ1n) is 5.01. The molecule has 2 rings (SSSR count). The summed E-state index contributed by atoms with van der Waals surface area (Å²) in [4.78, 5) is 16.2. The van der Waals surface area contributed by atoms with Gasteiger partial charge in [0.2, 0.25) is 5.78 Å². The molecule has 0 unspecified atom stereocenters. The fourth-order valence-corrected chi connectivity index (χ4v) is 2.00. The number of pyridine rings is 1. The van der Waals surface area contributed by atoms with Crippen LogP contribution in [0.15, 0.2) is 41.0 Å². The lowest BCUT2D eigenvalue weighted by atomic mass is 10.0. The lowest BCUT2D eigenvalue weighted by molar-refractivity contribution is 0.103. The molecule has 2 aromatic rings. The van der Waals surface area contributed by atoms with Crippen molar-refractivity contribution >= 4 is 21.7 Å². The van der Waals surface area contributed by atoms with E-state index in [0.29, 0.717) is 21.3 Å². The average Bonchev–Trinajstić information content (AvgIpc) is 2.29. The molecule has 0 N–H and O–H groups in total. The van der Waals surface area contributed by atoms with Crippen LogP contribution < -0.4 is 0 Å². The van der Waals surface area contributed by atoms with Gasteiger partial charge in [-0.2, -0.15) is 0 Å². The summed E-state index contributed by atoms with van der Waals surface area (Å²) in [5.41, 5.74) is 1.40. The Balaban J connectivity index is 2.48. The number of halogens is 2. The van der Waals surface area contributed by atoms with E-state index >= 15 is 0 Å². The number of benzene rings is 1. The summed E-state index contributed by atoms with van der Waals surface area (Å²) in [5.74, 6) is -0.561. The minimum atomic E-state index is -0.348. The predicted octanol–water partition coefficient (Wildman–Crippen LogP) is 3.52. The minimum Gasteiger partial charge on any atom is -0.287 e. The van der Waals surface area contributed by atoms with E-state index in [4.69, 9.17) is 0 Å². The zero-order valence-electron chi connectivity index (χ0n) is 9.08. The molecule has 0 saturated heterocycles. The second-order valence-electron chi connectivity index (χ2n) is 3.62. The third-order valence-electron chi connectivity index (χ3n) is 2.41. The smallest absolute Gasteiger partial charge is 0.212 e. The highest BCUT2D eigenvalue weighted by atomic mass is 79.9. The number of carbonyl (C=O) groups excluding carboxylic acids is 1. The zero-order valence-corrected chi connectivity index (χ0v) is 10.7. The van der Waals surface area contributed by atoms with Gasteiger partial charge in [-0.25, -0.2) is 4.39 Å². The quantitative estimate of drug-likeness (QED) is 0.793. The third-order valence-corrected chi connectivity index (χ3v) is 3.05. The first kappa shape index (κ1) is 11.9. The molecular formula is C13H9BrFNO. The van der Waals surface area contributed by atoms with Gasteiger partial charge in [-0.3, -0.25) is 9.78 Å². The van der Waals surface area contributed by atoms with Crippen LogP contribution in [-0.2, 0) is 0 Å². The molecule has 0 fully saturated rings. The summed E-state index contributed by atoms with van der Waals surface area (Å²) < 4.78 is 13.6. The van der Waals surface area contributed by atoms with Crippen LogP contribution in [-0.4, -0.2) is 10.8 Å². The van der Waals surface area contributed by atoms with Crippen LogP contribution in [0.25, 0.3) is 0 Å². The maximum atomic E-state index is 13.0. The van der Waals surface area contributed by atoms with Gasteiger partial charge < -0.3 is 0 Å². The number of rotatable bonds is 2. The maximum Gasteiger partial charge on any atom is 0.212 e. The van der Waals surface area contributed by atoms with Gasteiger partial charge in [-0.1, -0.05) is 0 Å². The SMILES string of the molecule is Cc1cc(F)ccc1C(=O)c1ncccc1Br. The van der Waals surface area contributed by atoms with E-state index in [1.54, 1.807) is 25.3 Å². The molecule has 0 aliphatic carbocycles. The minimum absolute atomic E-state index is 0.213. The Bertz CT molecular complexity index is 583. The summed E-state index contributed by atoms with van der Waals surface area (Å²) >= 11 is 3.28. The van der Waals surface area contributed by atoms with Gasteiger partial charge in [0.1, 0.15) is 11.5 Å². The van der Waals surface area contributed by atoms with Crippen molar-refractivity contribution in [2.75, 3.05) is 0 Å². The Kier molecular flexibility index (Phi) is 3.33. The van der Waals surface area contributed by atoms with Gasteiger partial charge in [0, 0.05) is 16.2 Å². The number of carbonyl (C=O) groups is 1. The molecule has 0 amide bonds. The zero-order chi connectivity index (χ0) is 12.4. The van der Waals surface area contributed by atoms with Crippen LogP contribution in [0, 0.1) is 12.7 Å². The first-order valence-corrected chi connectivity index (χ1v) is 5.80. The summed E-state index contributed by atoms with van der Waals surface area (Å²) in [5, 5.41) is 0. The molecular weight excluding hydrogens is 285 g/mol. The number of hydrogen-bond acceptors (Lipinski definition) is 2. The van der Waals surface area contributed by atoms with Gasteiger partial charge in [0.05, 0.1) is 0 Å².